The lowest BCUT2D eigenvalue weighted by atomic mass is 9.87. The Kier molecular flexibility index (Phi) is 8.75. The molecule has 0 aliphatic rings. The third-order valence-corrected chi connectivity index (χ3v) is 4.55. The van der Waals surface area contributed by atoms with Gasteiger partial charge in [0.05, 0.1) is 13.0 Å². The molecule has 0 spiro atoms. The van der Waals surface area contributed by atoms with Crippen LogP contribution >= 0.6 is 0 Å². The number of benzene rings is 2. The van der Waals surface area contributed by atoms with Crippen molar-refractivity contribution >= 4 is 29.2 Å². The molecule has 0 unspecified atom stereocenters. The van der Waals surface area contributed by atoms with Crippen molar-refractivity contribution < 1.29 is 23.9 Å². The highest BCUT2D eigenvalue weighted by molar-refractivity contribution is 6.04. The molecule has 0 atom stereocenters. The van der Waals surface area contributed by atoms with Crippen LogP contribution in [0.3, 0.4) is 0 Å². The molecule has 0 heterocycles. The van der Waals surface area contributed by atoms with Crippen molar-refractivity contribution in [3.8, 4) is 0 Å². The van der Waals surface area contributed by atoms with E-state index in [1.54, 1.807) is 24.3 Å². The highest BCUT2D eigenvalue weighted by atomic mass is 16.6. The fraction of sp³-hybridized carbons (Fsp3) is 0.375. The molecule has 31 heavy (non-hydrogen) atoms. The summed E-state index contributed by atoms with van der Waals surface area (Å²) in [6.45, 7) is 6.86. The van der Waals surface area contributed by atoms with E-state index in [1.165, 1.54) is 7.11 Å². The molecule has 7 nitrogen and oxygen atoms in total. The number of methoxy groups -OCH3 is 1. The first-order chi connectivity index (χ1) is 14.7. The maximum absolute atomic E-state index is 12.4. The van der Waals surface area contributed by atoms with Crippen LogP contribution in [0.25, 0.3) is 0 Å². The molecule has 2 aromatic carbocycles. The van der Waals surface area contributed by atoms with Gasteiger partial charge < -0.3 is 20.1 Å². The van der Waals surface area contributed by atoms with E-state index in [9.17, 15) is 14.4 Å². The summed E-state index contributed by atoms with van der Waals surface area (Å²) in [4.78, 5) is 35.9. The molecule has 0 aliphatic carbocycles. The van der Waals surface area contributed by atoms with E-state index in [-0.39, 0.29) is 36.7 Å². The van der Waals surface area contributed by atoms with Crippen LogP contribution in [0.2, 0.25) is 0 Å². The number of anilines is 2. The van der Waals surface area contributed by atoms with E-state index in [0.717, 1.165) is 5.56 Å². The standard InChI is InChI=1S/C24H30N2O5/c1-24(2,3)18-7-5-17(6-8-18)23(29)26-20-11-9-19(10-12-20)25-21(27)13-14-22(28)31-16-15-30-4/h5-12H,13-16H2,1-4H3,(H,25,27)(H,26,29). The molecule has 0 fully saturated rings. The molecule has 166 valence electrons. The lowest BCUT2D eigenvalue weighted by Crippen LogP contribution is -2.16. The summed E-state index contributed by atoms with van der Waals surface area (Å²) in [6.07, 6.45) is 0.0204. The normalized spacial score (nSPS) is 11.0. The van der Waals surface area contributed by atoms with Gasteiger partial charge in [0.25, 0.3) is 5.91 Å². The SMILES string of the molecule is COCCOC(=O)CCC(=O)Nc1ccc(NC(=O)c2ccc(C(C)(C)C)cc2)cc1. The lowest BCUT2D eigenvalue weighted by molar-refractivity contribution is -0.145. The number of ether oxygens (including phenoxy) is 2. The van der Waals surface area contributed by atoms with Crippen LogP contribution in [0.4, 0.5) is 11.4 Å². The van der Waals surface area contributed by atoms with Gasteiger partial charge in [-0.25, -0.2) is 0 Å². The van der Waals surface area contributed by atoms with Gasteiger partial charge in [-0.1, -0.05) is 32.9 Å². The summed E-state index contributed by atoms with van der Waals surface area (Å²) in [6, 6.07) is 14.3. The van der Waals surface area contributed by atoms with Crippen LogP contribution in [0.15, 0.2) is 48.5 Å². The van der Waals surface area contributed by atoms with E-state index in [2.05, 4.69) is 31.4 Å². The zero-order valence-corrected chi connectivity index (χ0v) is 18.5. The number of carbonyl (C=O) groups is 3. The molecule has 0 aromatic heterocycles. The summed E-state index contributed by atoms with van der Waals surface area (Å²) < 4.78 is 9.70. The number of rotatable bonds is 9. The van der Waals surface area contributed by atoms with Crippen LogP contribution in [0.1, 0.15) is 49.5 Å². The predicted octanol–water partition coefficient (Wildman–Crippen LogP) is 4.14. The smallest absolute Gasteiger partial charge is 0.306 e. The van der Waals surface area contributed by atoms with Gasteiger partial charge in [-0.2, -0.15) is 0 Å². The monoisotopic (exact) mass is 426 g/mol. The van der Waals surface area contributed by atoms with Gasteiger partial charge in [0, 0.05) is 30.5 Å². The summed E-state index contributed by atoms with van der Waals surface area (Å²) in [5, 5.41) is 5.55. The van der Waals surface area contributed by atoms with E-state index in [1.807, 2.05) is 24.3 Å². The van der Waals surface area contributed by atoms with Crippen molar-refractivity contribution in [3.63, 3.8) is 0 Å². The van der Waals surface area contributed by atoms with Crippen molar-refractivity contribution in [2.45, 2.75) is 39.0 Å². The number of hydrogen-bond acceptors (Lipinski definition) is 5. The first kappa shape index (κ1) is 24.1. The number of carbonyl (C=O) groups excluding carboxylic acids is 3. The Hall–Kier alpha value is -3.19. The fourth-order valence-corrected chi connectivity index (χ4v) is 2.71. The second kappa shape index (κ2) is 11.3. The predicted molar refractivity (Wildman–Crippen MR) is 120 cm³/mol. The number of nitrogens with one attached hydrogen (secondary N) is 2. The third-order valence-electron chi connectivity index (χ3n) is 4.55. The van der Waals surface area contributed by atoms with Crippen molar-refractivity contribution in [3.05, 3.63) is 59.7 Å². The van der Waals surface area contributed by atoms with E-state index < -0.39 is 5.97 Å². The first-order valence-corrected chi connectivity index (χ1v) is 10.2. The molecule has 2 N–H and O–H groups in total. The molecule has 2 amide bonds. The Labute approximate surface area is 183 Å². The summed E-state index contributed by atoms with van der Waals surface area (Å²) in [7, 11) is 1.52. The van der Waals surface area contributed by atoms with E-state index in [0.29, 0.717) is 23.5 Å². The van der Waals surface area contributed by atoms with Gasteiger partial charge in [-0.05, 0) is 47.4 Å². The van der Waals surface area contributed by atoms with Crippen LogP contribution in [-0.2, 0) is 24.5 Å². The summed E-state index contributed by atoms with van der Waals surface area (Å²) in [5.74, 6) is -0.940. The Balaban J connectivity index is 1.82. The summed E-state index contributed by atoms with van der Waals surface area (Å²) in [5.41, 5.74) is 2.95. The number of hydrogen-bond donors (Lipinski definition) is 2. The molecule has 0 radical (unpaired) electrons. The van der Waals surface area contributed by atoms with E-state index in [4.69, 9.17) is 9.47 Å². The topological polar surface area (TPSA) is 93.7 Å². The second-order valence-corrected chi connectivity index (χ2v) is 8.12. The lowest BCUT2D eigenvalue weighted by Gasteiger charge is -2.19. The molecule has 0 saturated heterocycles. The molecule has 2 rings (SSSR count). The Morgan fingerprint density at radius 1 is 0.806 bits per heavy atom. The second-order valence-electron chi connectivity index (χ2n) is 8.12. The molecule has 7 heteroatoms. The van der Waals surface area contributed by atoms with Crippen molar-refractivity contribution in [1.82, 2.24) is 0 Å². The minimum Gasteiger partial charge on any atom is -0.463 e. The van der Waals surface area contributed by atoms with Gasteiger partial charge in [0.15, 0.2) is 0 Å². The van der Waals surface area contributed by atoms with Gasteiger partial charge in [0.2, 0.25) is 5.91 Å². The largest absolute Gasteiger partial charge is 0.463 e. The molecular formula is C24H30N2O5. The maximum atomic E-state index is 12.4. The Bertz CT molecular complexity index is 884. The van der Waals surface area contributed by atoms with Crippen LogP contribution in [0, 0.1) is 0 Å². The maximum Gasteiger partial charge on any atom is 0.306 e. The molecule has 0 saturated carbocycles. The Morgan fingerprint density at radius 2 is 1.39 bits per heavy atom. The zero-order valence-electron chi connectivity index (χ0n) is 18.5. The molecule has 0 bridgehead atoms. The highest BCUT2D eigenvalue weighted by Gasteiger charge is 2.14. The van der Waals surface area contributed by atoms with Crippen molar-refractivity contribution in [2.24, 2.45) is 0 Å². The molecule has 0 aliphatic heterocycles. The minimum atomic E-state index is -0.444. The quantitative estimate of drug-likeness (QED) is 0.464. The fourth-order valence-electron chi connectivity index (χ4n) is 2.71. The molecular weight excluding hydrogens is 396 g/mol. The highest BCUT2D eigenvalue weighted by Crippen LogP contribution is 2.22. The third kappa shape index (κ3) is 8.22. The summed E-state index contributed by atoms with van der Waals surface area (Å²) >= 11 is 0. The van der Waals surface area contributed by atoms with Crippen LogP contribution < -0.4 is 10.6 Å². The van der Waals surface area contributed by atoms with E-state index >= 15 is 0 Å². The van der Waals surface area contributed by atoms with Crippen LogP contribution in [-0.4, -0.2) is 38.1 Å². The number of esters is 1. The van der Waals surface area contributed by atoms with Gasteiger partial charge in [-0.3, -0.25) is 14.4 Å². The Morgan fingerprint density at radius 3 is 1.94 bits per heavy atom. The van der Waals surface area contributed by atoms with Gasteiger partial charge in [-0.15, -0.1) is 0 Å². The zero-order chi connectivity index (χ0) is 22.9. The number of amides is 2. The van der Waals surface area contributed by atoms with Gasteiger partial charge >= 0.3 is 5.97 Å². The van der Waals surface area contributed by atoms with Gasteiger partial charge in [0.1, 0.15) is 6.61 Å². The first-order valence-electron chi connectivity index (χ1n) is 10.2. The molecule has 2 aromatic rings. The van der Waals surface area contributed by atoms with Crippen molar-refractivity contribution in [2.75, 3.05) is 31.0 Å². The average molecular weight is 427 g/mol. The van der Waals surface area contributed by atoms with Crippen molar-refractivity contribution in [1.29, 1.82) is 0 Å². The minimum absolute atomic E-state index is 0.00229. The van der Waals surface area contributed by atoms with Crippen LogP contribution in [0.5, 0.6) is 0 Å². The average Bonchev–Trinajstić information content (AvgIpc) is 2.73.